The molecule has 20 heavy (non-hydrogen) atoms. The van der Waals surface area contributed by atoms with Gasteiger partial charge in [0.25, 0.3) is 0 Å². The second-order valence-electron chi connectivity index (χ2n) is 4.27. The molecule has 0 saturated heterocycles. The quantitative estimate of drug-likeness (QED) is 0.767. The van der Waals surface area contributed by atoms with Crippen LogP contribution in [-0.4, -0.2) is 23.1 Å². The predicted molar refractivity (Wildman–Crippen MR) is 82.5 cm³/mol. The van der Waals surface area contributed by atoms with Gasteiger partial charge in [-0.2, -0.15) is 0 Å². The van der Waals surface area contributed by atoms with Crippen molar-refractivity contribution in [1.82, 2.24) is 9.97 Å². The number of nitrogens with one attached hydrogen (secondary N) is 1. The summed E-state index contributed by atoms with van der Waals surface area (Å²) in [5.74, 6) is 1.27. The van der Waals surface area contributed by atoms with Gasteiger partial charge in [0, 0.05) is 29.1 Å². The minimum absolute atomic E-state index is 0.534. The first-order valence-electron chi connectivity index (χ1n) is 6.23. The van der Waals surface area contributed by atoms with Crippen molar-refractivity contribution in [2.75, 3.05) is 18.4 Å². The molecule has 0 aliphatic heterocycles. The number of halogens is 1. The van der Waals surface area contributed by atoms with Crippen LogP contribution in [0.5, 0.6) is 0 Å². The van der Waals surface area contributed by atoms with Crippen LogP contribution in [0.2, 0.25) is 0 Å². The molecule has 0 aliphatic rings. The Morgan fingerprint density at radius 2 is 2.15 bits per heavy atom. The van der Waals surface area contributed by atoms with Crippen molar-refractivity contribution in [3.05, 3.63) is 41.0 Å². The highest BCUT2D eigenvalue weighted by Gasteiger charge is 2.08. The second kappa shape index (κ2) is 5.60. The zero-order valence-electron chi connectivity index (χ0n) is 10.6. The average molecular weight is 333 g/mol. The largest absolute Gasteiger partial charge is 0.454 e. The Balaban J connectivity index is 1.97. The minimum atomic E-state index is 0.534. The van der Waals surface area contributed by atoms with Crippen molar-refractivity contribution < 1.29 is 4.42 Å². The molecule has 0 atom stereocenters. The number of benzene rings is 1. The van der Waals surface area contributed by atoms with E-state index in [2.05, 4.69) is 31.2 Å². The molecule has 0 bridgehead atoms. The number of aromatic nitrogens is 2. The van der Waals surface area contributed by atoms with Gasteiger partial charge >= 0.3 is 0 Å². The van der Waals surface area contributed by atoms with E-state index in [4.69, 9.17) is 10.2 Å². The van der Waals surface area contributed by atoms with Gasteiger partial charge in [0.15, 0.2) is 5.76 Å². The molecule has 2 aromatic heterocycles. The molecule has 0 unspecified atom stereocenters. The Morgan fingerprint density at radius 1 is 1.25 bits per heavy atom. The van der Waals surface area contributed by atoms with Gasteiger partial charge in [-0.25, -0.2) is 9.97 Å². The van der Waals surface area contributed by atoms with Crippen LogP contribution in [0, 0.1) is 0 Å². The number of nitrogens with two attached hydrogens (primary N) is 1. The molecule has 3 rings (SSSR count). The molecule has 0 fully saturated rings. The zero-order chi connectivity index (χ0) is 13.9. The van der Waals surface area contributed by atoms with Gasteiger partial charge < -0.3 is 15.5 Å². The predicted octanol–water partition coefficient (Wildman–Crippen LogP) is 3.02. The number of furan rings is 1. The van der Waals surface area contributed by atoms with Crippen LogP contribution >= 0.6 is 15.9 Å². The van der Waals surface area contributed by atoms with E-state index in [1.165, 1.54) is 0 Å². The first-order chi connectivity index (χ1) is 9.76. The van der Waals surface area contributed by atoms with Gasteiger partial charge in [-0.3, -0.25) is 0 Å². The smallest absolute Gasteiger partial charge is 0.223 e. The lowest BCUT2D eigenvalue weighted by Gasteiger charge is -2.03. The molecule has 1 aromatic carbocycles. The van der Waals surface area contributed by atoms with Crippen molar-refractivity contribution in [2.45, 2.75) is 0 Å². The maximum Gasteiger partial charge on any atom is 0.223 e. The fraction of sp³-hybridized carbons (Fsp3) is 0.143. The van der Waals surface area contributed by atoms with Gasteiger partial charge in [-0.1, -0.05) is 15.9 Å². The third kappa shape index (κ3) is 2.66. The summed E-state index contributed by atoms with van der Waals surface area (Å²) in [4.78, 5) is 8.56. The maximum atomic E-state index is 5.80. The van der Waals surface area contributed by atoms with Crippen LogP contribution in [-0.2, 0) is 0 Å². The first-order valence-corrected chi connectivity index (χ1v) is 7.02. The van der Waals surface area contributed by atoms with Crippen molar-refractivity contribution in [1.29, 1.82) is 0 Å². The van der Waals surface area contributed by atoms with Crippen LogP contribution in [0.4, 0.5) is 5.95 Å². The van der Waals surface area contributed by atoms with Gasteiger partial charge in [0.05, 0.1) is 0 Å². The molecule has 0 amide bonds. The molecule has 0 radical (unpaired) electrons. The molecule has 0 aliphatic carbocycles. The van der Waals surface area contributed by atoms with Crippen LogP contribution < -0.4 is 11.1 Å². The Bertz CT molecular complexity index is 741. The van der Waals surface area contributed by atoms with Crippen LogP contribution in [0.25, 0.3) is 22.4 Å². The summed E-state index contributed by atoms with van der Waals surface area (Å²) in [5, 5.41) is 4.08. The Morgan fingerprint density at radius 3 is 3.00 bits per heavy atom. The van der Waals surface area contributed by atoms with Crippen molar-refractivity contribution in [3.63, 3.8) is 0 Å². The van der Waals surface area contributed by atoms with Gasteiger partial charge in [0.1, 0.15) is 11.3 Å². The van der Waals surface area contributed by atoms with E-state index in [9.17, 15) is 0 Å². The highest BCUT2D eigenvalue weighted by Crippen LogP contribution is 2.28. The summed E-state index contributed by atoms with van der Waals surface area (Å²) in [5.41, 5.74) is 7.02. The highest BCUT2D eigenvalue weighted by atomic mass is 79.9. The average Bonchev–Trinajstić information content (AvgIpc) is 2.88. The number of nitrogens with zero attached hydrogens (tertiary/aromatic N) is 2. The SMILES string of the molecule is NCCNc1nccc(-c2cc3cc(Br)ccc3o2)n1. The minimum Gasteiger partial charge on any atom is -0.454 e. The zero-order valence-corrected chi connectivity index (χ0v) is 12.2. The molecule has 0 saturated carbocycles. The topological polar surface area (TPSA) is 77.0 Å². The van der Waals surface area contributed by atoms with Crippen molar-refractivity contribution in [2.24, 2.45) is 5.73 Å². The van der Waals surface area contributed by atoms with E-state index in [-0.39, 0.29) is 0 Å². The Labute approximate surface area is 124 Å². The molecular weight excluding hydrogens is 320 g/mol. The Hall–Kier alpha value is -1.92. The maximum absolute atomic E-state index is 5.80. The van der Waals surface area contributed by atoms with E-state index in [0.29, 0.717) is 19.0 Å². The van der Waals surface area contributed by atoms with E-state index in [1.54, 1.807) is 6.20 Å². The summed E-state index contributed by atoms with van der Waals surface area (Å²) in [6.07, 6.45) is 1.70. The molecule has 2 heterocycles. The standard InChI is InChI=1S/C14H13BrN4O/c15-10-1-2-12-9(7-10)8-13(20-12)11-3-5-17-14(19-11)18-6-4-16/h1-3,5,7-8H,4,6,16H2,(H,17,18,19). The molecule has 0 spiro atoms. The third-order valence-corrected chi connectivity index (χ3v) is 3.31. The summed E-state index contributed by atoms with van der Waals surface area (Å²) in [7, 11) is 0. The molecule has 5 nitrogen and oxygen atoms in total. The monoisotopic (exact) mass is 332 g/mol. The fourth-order valence-corrected chi connectivity index (χ4v) is 2.28. The van der Waals surface area contributed by atoms with Gasteiger partial charge in [-0.15, -0.1) is 0 Å². The van der Waals surface area contributed by atoms with E-state index in [0.717, 1.165) is 26.9 Å². The van der Waals surface area contributed by atoms with Crippen LogP contribution in [0.3, 0.4) is 0 Å². The molecule has 3 N–H and O–H groups in total. The summed E-state index contributed by atoms with van der Waals surface area (Å²) >= 11 is 3.45. The van der Waals surface area contributed by atoms with E-state index >= 15 is 0 Å². The molecule has 102 valence electrons. The molecule has 3 aromatic rings. The number of hydrogen-bond acceptors (Lipinski definition) is 5. The number of fused-ring (bicyclic) bond motifs is 1. The highest BCUT2D eigenvalue weighted by molar-refractivity contribution is 9.10. The molecule has 6 heteroatoms. The lowest BCUT2D eigenvalue weighted by atomic mass is 10.2. The molecular formula is C14H13BrN4O. The van der Waals surface area contributed by atoms with Gasteiger partial charge in [0.2, 0.25) is 5.95 Å². The first kappa shape index (κ1) is 13.1. The lowest BCUT2D eigenvalue weighted by Crippen LogP contribution is -2.14. The summed E-state index contributed by atoms with van der Waals surface area (Å²) in [6, 6.07) is 9.67. The normalized spacial score (nSPS) is 10.9. The van der Waals surface area contributed by atoms with Gasteiger partial charge in [-0.05, 0) is 30.3 Å². The van der Waals surface area contributed by atoms with Crippen molar-refractivity contribution >= 4 is 32.8 Å². The van der Waals surface area contributed by atoms with E-state index < -0.39 is 0 Å². The van der Waals surface area contributed by atoms with E-state index in [1.807, 2.05) is 30.3 Å². The Kier molecular flexibility index (Phi) is 3.66. The number of rotatable bonds is 4. The number of anilines is 1. The lowest BCUT2D eigenvalue weighted by molar-refractivity contribution is 0.628. The summed E-state index contributed by atoms with van der Waals surface area (Å²) in [6.45, 7) is 1.17. The summed E-state index contributed by atoms with van der Waals surface area (Å²) < 4.78 is 6.82. The van der Waals surface area contributed by atoms with Crippen molar-refractivity contribution in [3.8, 4) is 11.5 Å². The van der Waals surface area contributed by atoms with Crippen LogP contribution in [0.15, 0.2) is 45.4 Å². The third-order valence-electron chi connectivity index (χ3n) is 2.81. The number of hydrogen-bond donors (Lipinski definition) is 2. The second-order valence-corrected chi connectivity index (χ2v) is 5.19. The van der Waals surface area contributed by atoms with Crippen LogP contribution in [0.1, 0.15) is 0 Å². The fourth-order valence-electron chi connectivity index (χ4n) is 1.91.